The van der Waals surface area contributed by atoms with E-state index >= 15 is 0 Å². The zero-order chi connectivity index (χ0) is 18.0. The van der Waals surface area contributed by atoms with Crippen molar-refractivity contribution in [1.29, 1.82) is 0 Å². The first-order chi connectivity index (χ1) is 12.0. The first kappa shape index (κ1) is 17.9. The summed E-state index contributed by atoms with van der Waals surface area (Å²) in [6.45, 7) is 6.33. The maximum Gasteiger partial charge on any atom is 0.320 e. The number of carbonyl (C=O) groups is 1. The highest BCUT2D eigenvalue weighted by Crippen LogP contribution is 2.45. The Morgan fingerprint density at radius 3 is 2.60 bits per heavy atom. The number of carbonyl (C=O) groups excluding carboxylic acids is 1. The highest BCUT2D eigenvalue weighted by Gasteiger charge is 2.46. The topological polar surface area (TPSA) is 26.3 Å². The van der Waals surface area contributed by atoms with E-state index in [4.69, 9.17) is 4.74 Å². The van der Waals surface area contributed by atoms with Gasteiger partial charge in [-0.05, 0) is 70.7 Å². The lowest BCUT2D eigenvalue weighted by molar-refractivity contribution is -0.146. The smallest absolute Gasteiger partial charge is 0.320 e. The van der Waals surface area contributed by atoms with E-state index in [1.807, 2.05) is 37.3 Å². The Morgan fingerprint density at radius 1 is 1.20 bits per heavy atom. The number of halogens is 1. The molecule has 0 radical (unpaired) electrons. The van der Waals surface area contributed by atoms with Gasteiger partial charge in [-0.3, -0.25) is 4.79 Å². The molecule has 0 heterocycles. The van der Waals surface area contributed by atoms with E-state index < -0.39 is 5.41 Å². The van der Waals surface area contributed by atoms with Crippen LogP contribution in [0.25, 0.3) is 5.57 Å². The fraction of sp³-hybridized carbons (Fsp3) is 0.227. The molecule has 0 bridgehead atoms. The van der Waals surface area contributed by atoms with E-state index in [1.54, 1.807) is 0 Å². The average molecular weight is 444 g/mol. The van der Waals surface area contributed by atoms with E-state index in [2.05, 4.69) is 53.4 Å². The minimum atomic E-state index is -0.806. The molecule has 0 aliphatic heterocycles. The molecular weight excluding hydrogens is 423 g/mol. The van der Waals surface area contributed by atoms with Gasteiger partial charge in [-0.2, -0.15) is 0 Å². The molecule has 25 heavy (non-hydrogen) atoms. The van der Waals surface area contributed by atoms with Crippen molar-refractivity contribution in [2.75, 3.05) is 7.11 Å². The molecule has 0 saturated heterocycles. The Labute approximate surface area is 162 Å². The minimum absolute atomic E-state index is 0.222. The van der Waals surface area contributed by atoms with E-state index in [-0.39, 0.29) is 5.97 Å². The quantitative estimate of drug-likeness (QED) is 0.363. The van der Waals surface area contributed by atoms with Crippen molar-refractivity contribution in [3.05, 3.63) is 87.0 Å². The van der Waals surface area contributed by atoms with Gasteiger partial charge in [0, 0.05) is 3.57 Å². The van der Waals surface area contributed by atoms with Gasteiger partial charge >= 0.3 is 5.97 Å². The van der Waals surface area contributed by atoms with Gasteiger partial charge in [0.25, 0.3) is 0 Å². The summed E-state index contributed by atoms with van der Waals surface area (Å²) in [6, 6.07) is 16.3. The fourth-order valence-corrected chi connectivity index (χ4v) is 4.45. The SMILES string of the molecule is C=C(CC1(C(=O)OC)C(C)=CCc2ccccc21)c1ccccc1I. The van der Waals surface area contributed by atoms with Crippen molar-refractivity contribution in [2.24, 2.45) is 0 Å². The minimum Gasteiger partial charge on any atom is -0.468 e. The Hall–Kier alpha value is -1.88. The second-order valence-corrected chi connectivity index (χ2v) is 7.57. The molecule has 0 fully saturated rings. The molecular formula is C22H21IO2. The van der Waals surface area contributed by atoms with Crippen LogP contribution in [0.15, 0.2) is 66.8 Å². The average Bonchev–Trinajstić information content (AvgIpc) is 2.63. The molecule has 0 N–H and O–H groups in total. The fourth-order valence-electron chi connectivity index (χ4n) is 3.68. The van der Waals surface area contributed by atoms with Crippen LogP contribution in [-0.4, -0.2) is 13.1 Å². The van der Waals surface area contributed by atoms with Gasteiger partial charge in [0.05, 0.1) is 7.11 Å². The van der Waals surface area contributed by atoms with Crippen molar-refractivity contribution < 1.29 is 9.53 Å². The summed E-state index contributed by atoms with van der Waals surface area (Å²) in [7, 11) is 1.46. The van der Waals surface area contributed by atoms with Gasteiger partial charge < -0.3 is 4.74 Å². The van der Waals surface area contributed by atoms with Crippen LogP contribution in [0.5, 0.6) is 0 Å². The lowest BCUT2D eigenvalue weighted by atomic mass is 9.65. The van der Waals surface area contributed by atoms with Crippen LogP contribution in [-0.2, 0) is 21.4 Å². The molecule has 1 atom stereocenters. The van der Waals surface area contributed by atoms with Crippen molar-refractivity contribution in [2.45, 2.75) is 25.2 Å². The summed E-state index contributed by atoms with van der Waals surface area (Å²) in [6.07, 6.45) is 3.50. The largest absolute Gasteiger partial charge is 0.468 e. The molecule has 0 amide bonds. The van der Waals surface area contributed by atoms with Gasteiger partial charge in [-0.25, -0.2) is 0 Å². The zero-order valence-corrected chi connectivity index (χ0v) is 16.7. The molecule has 0 aromatic heterocycles. The van der Waals surface area contributed by atoms with Gasteiger partial charge in [-0.15, -0.1) is 0 Å². The molecule has 2 aromatic rings. The maximum absolute atomic E-state index is 13.0. The van der Waals surface area contributed by atoms with Crippen molar-refractivity contribution in [3.8, 4) is 0 Å². The lowest BCUT2D eigenvalue weighted by Gasteiger charge is -2.37. The standard InChI is InChI=1S/C22H21IO2/c1-15(18-9-5-7-11-20(18)23)14-22(21(24)25-3)16(2)12-13-17-8-4-6-10-19(17)22/h4-12H,1,13-14H2,2-3H3. The van der Waals surface area contributed by atoms with Crippen LogP contribution >= 0.6 is 22.6 Å². The maximum atomic E-state index is 13.0. The summed E-state index contributed by atoms with van der Waals surface area (Å²) in [5.41, 5.74) is 4.47. The van der Waals surface area contributed by atoms with Crippen LogP contribution in [0.2, 0.25) is 0 Å². The highest BCUT2D eigenvalue weighted by atomic mass is 127. The third-order valence-corrected chi connectivity index (χ3v) is 5.99. The van der Waals surface area contributed by atoms with Crippen LogP contribution in [0, 0.1) is 3.57 Å². The number of methoxy groups -OCH3 is 1. The summed E-state index contributed by atoms with van der Waals surface area (Å²) in [5.74, 6) is -0.222. The summed E-state index contributed by atoms with van der Waals surface area (Å²) in [4.78, 5) is 13.0. The van der Waals surface area contributed by atoms with E-state index in [0.717, 1.165) is 32.3 Å². The van der Waals surface area contributed by atoms with Crippen molar-refractivity contribution >= 4 is 34.1 Å². The molecule has 2 nitrogen and oxygen atoms in total. The van der Waals surface area contributed by atoms with Crippen LogP contribution in [0.3, 0.4) is 0 Å². The highest BCUT2D eigenvalue weighted by molar-refractivity contribution is 14.1. The molecule has 3 rings (SSSR count). The molecule has 0 saturated carbocycles. The summed E-state index contributed by atoms with van der Waals surface area (Å²) >= 11 is 2.31. The number of hydrogen-bond acceptors (Lipinski definition) is 2. The van der Waals surface area contributed by atoms with Gasteiger partial charge in [-0.1, -0.05) is 60.7 Å². The molecule has 1 unspecified atom stereocenters. The Morgan fingerprint density at radius 2 is 1.88 bits per heavy atom. The number of benzene rings is 2. The zero-order valence-electron chi connectivity index (χ0n) is 14.5. The Kier molecular flexibility index (Phi) is 5.13. The van der Waals surface area contributed by atoms with Crippen LogP contribution < -0.4 is 0 Å². The number of rotatable bonds is 4. The number of hydrogen-bond donors (Lipinski definition) is 0. The first-order valence-electron chi connectivity index (χ1n) is 8.27. The van der Waals surface area contributed by atoms with E-state index in [0.29, 0.717) is 6.42 Å². The second-order valence-electron chi connectivity index (χ2n) is 6.41. The third-order valence-electron chi connectivity index (χ3n) is 5.05. The van der Waals surface area contributed by atoms with Crippen molar-refractivity contribution in [3.63, 3.8) is 0 Å². The predicted octanol–water partition coefficient (Wildman–Crippen LogP) is 5.31. The predicted molar refractivity (Wildman–Crippen MR) is 110 cm³/mol. The Bertz CT molecular complexity index is 866. The monoisotopic (exact) mass is 444 g/mol. The molecule has 1 aliphatic rings. The van der Waals surface area contributed by atoms with Crippen LogP contribution in [0.1, 0.15) is 30.0 Å². The molecule has 3 heteroatoms. The van der Waals surface area contributed by atoms with Gasteiger partial charge in [0.1, 0.15) is 5.41 Å². The second kappa shape index (κ2) is 7.16. The summed E-state index contributed by atoms with van der Waals surface area (Å²) < 4.78 is 6.40. The summed E-state index contributed by atoms with van der Waals surface area (Å²) in [5, 5.41) is 0. The van der Waals surface area contributed by atoms with Gasteiger partial charge in [0.15, 0.2) is 0 Å². The number of esters is 1. The van der Waals surface area contributed by atoms with Crippen molar-refractivity contribution in [1.82, 2.24) is 0 Å². The van der Waals surface area contributed by atoms with Crippen LogP contribution in [0.4, 0.5) is 0 Å². The van der Waals surface area contributed by atoms with Gasteiger partial charge in [0.2, 0.25) is 0 Å². The van der Waals surface area contributed by atoms with E-state index in [1.165, 1.54) is 12.7 Å². The number of ether oxygens (including phenoxy) is 1. The first-order valence-corrected chi connectivity index (χ1v) is 9.35. The number of fused-ring (bicyclic) bond motifs is 1. The molecule has 0 spiro atoms. The number of allylic oxidation sites excluding steroid dienone is 2. The third kappa shape index (κ3) is 3.06. The Balaban J connectivity index is 2.13. The van der Waals surface area contributed by atoms with E-state index in [9.17, 15) is 4.79 Å². The molecule has 2 aromatic carbocycles. The lowest BCUT2D eigenvalue weighted by Crippen LogP contribution is -2.41. The molecule has 128 valence electrons. The normalized spacial score (nSPS) is 18.9. The molecule has 1 aliphatic carbocycles.